The quantitative estimate of drug-likeness (QED) is 0.633. The van der Waals surface area contributed by atoms with Crippen LogP contribution in [0.15, 0.2) is 0 Å². The SMILES string of the molecule is CC1(C)CN(CCS)CCC1O. The van der Waals surface area contributed by atoms with Gasteiger partial charge in [-0.1, -0.05) is 13.8 Å². The van der Waals surface area contributed by atoms with Gasteiger partial charge in [-0.25, -0.2) is 0 Å². The first-order valence-electron chi connectivity index (χ1n) is 4.57. The van der Waals surface area contributed by atoms with Crippen LogP contribution in [-0.4, -0.2) is 41.5 Å². The van der Waals surface area contributed by atoms with E-state index in [-0.39, 0.29) is 11.5 Å². The van der Waals surface area contributed by atoms with Crippen LogP contribution in [0, 0.1) is 5.41 Å². The standard InChI is InChI=1S/C9H19NOS/c1-9(2)7-10(5-6-12)4-3-8(9)11/h8,11-12H,3-7H2,1-2H3. The van der Waals surface area contributed by atoms with Crippen LogP contribution in [0.4, 0.5) is 0 Å². The molecule has 3 heteroatoms. The van der Waals surface area contributed by atoms with Gasteiger partial charge in [0.15, 0.2) is 0 Å². The lowest BCUT2D eigenvalue weighted by atomic mass is 9.81. The Labute approximate surface area is 80.4 Å². The first-order chi connectivity index (χ1) is 5.56. The van der Waals surface area contributed by atoms with Gasteiger partial charge in [-0.2, -0.15) is 12.6 Å². The molecule has 2 nitrogen and oxygen atoms in total. The van der Waals surface area contributed by atoms with Crippen molar-refractivity contribution in [2.75, 3.05) is 25.4 Å². The molecule has 12 heavy (non-hydrogen) atoms. The normalized spacial score (nSPS) is 30.5. The lowest BCUT2D eigenvalue weighted by Gasteiger charge is -2.41. The summed E-state index contributed by atoms with van der Waals surface area (Å²) in [5.74, 6) is 0.909. The fourth-order valence-corrected chi connectivity index (χ4v) is 2.07. The summed E-state index contributed by atoms with van der Waals surface area (Å²) >= 11 is 4.21. The monoisotopic (exact) mass is 189 g/mol. The summed E-state index contributed by atoms with van der Waals surface area (Å²) in [6, 6.07) is 0. The second-order valence-electron chi connectivity index (χ2n) is 4.29. The van der Waals surface area contributed by atoms with Gasteiger partial charge in [-0.3, -0.25) is 0 Å². The minimum Gasteiger partial charge on any atom is -0.392 e. The van der Waals surface area contributed by atoms with Crippen molar-refractivity contribution in [1.29, 1.82) is 0 Å². The predicted molar refractivity (Wildman–Crippen MR) is 54.7 cm³/mol. The summed E-state index contributed by atoms with van der Waals surface area (Å²) in [7, 11) is 0. The second-order valence-corrected chi connectivity index (χ2v) is 4.74. The van der Waals surface area contributed by atoms with Gasteiger partial charge >= 0.3 is 0 Å². The van der Waals surface area contributed by atoms with Crippen molar-refractivity contribution in [3.05, 3.63) is 0 Å². The molecule has 0 radical (unpaired) electrons. The largest absolute Gasteiger partial charge is 0.392 e. The van der Waals surface area contributed by atoms with Gasteiger partial charge in [0.1, 0.15) is 0 Å². The van der Waals surface area contributed by atoms with Gasteiger partial charge in [-0.05, 0) is 6.42 Å². The van der Waals surface area contributed by atoms with Crippen LogP contribution in [0.2, 0.25) is 0 Å². The Balaban J connectivity index is 2.45. The first-order valence-corrected chi connectivity index (χ1v) is 5.21. The van der Waals surface area contributed by atoms with E-state index >= 15 is 0 Å². The van der Waals surface area contributed by atoms with E-state index in [2.05, 4.69) is 31.4 Å². The molecule has 0 spiro atoms. The Kier molecular flexibility index (Phi) is 3.44. The highest BCUT2D eigenvalue weighted by atomic mass is 32.1. The van der Waals surface area contributed by atoms with Crippen molar-refractivity contribution >= 4 is 12.6 Å². The summed E-state index contributed by atoms with van der Waals surface area (Å²) < 4.78 is 0. The van der Waals surface area contributed by atoms with Gasteiger partial charge in [0.2, 0.25) is 0 Å². The number of aliphatic hydroxyl groups is 1. The van der Waals surface area contributed by atoms with Gasteiger partial charge < -0.3 is 10.0 Å². The van der Waals surface area contributed by atoms with Gasteiger partial charge in [0.25, 0.3) is 0 Å². The highest BCUT2D eigenvalue weighted by Gasteiger charge is 2.33. The minimum atomic E-state index is -0.131. The van der Waals surface area contributed by atoms with E-state index in [9.17, 15) is 5.11 Å². The van der Waals surface area contributed by atoms with Crippen molar-refractivity contribution in [2.24, 2.45) is 5.41 Å². The molecule has 1 N–H and O–H groups in total. The zero-order chi connectivity index (χ0) is 9.19. The molecular weight excluding hydrogens is 170 g/mol. The smallest absolute Gasteiger partial charge is 0.0615 e. The van der Waals surface area contributed by atoms with Crippen LogP contribution < -0.4 is 0 Å². The summed E-state index contributed by atoms with van der Waals surface area (Å²) in [5.41, 5.74) is 0.0567. The maximum absolute atomic E-state index is 9.68. The average Bonchev–Trinajstić information content (AvgIpc) is 1.97. The third-order valence-corrected chi connectivity index (χ3v) is 2.87. The Bertz CT molecular complexity index is 149. The molecule has 1 heterocycles. The van der Waals surface area contributed by atoms with Crippen molar-refractivity contribution in [1.82, 2.24) is 4.90 Å². The third kappa shape index (κ3) is 2.38. The summed E-state index contributed by atoms with van der Waals surface area (Å²) in [6.07, 6.45) is 0.773. The number of nitrogens with zero attached hydrogens (tertiary/aromatic N) is 1. The van der Waals surface area contributed by atoms with E-state index in [1.165, 1.54) is 0 Å². The first kappa shape index (κ1) is 10.4. The van der Waals surface area contributed by atoms with E-state index in [0.29, 0.717) is 0 Å². The third-order valence-electron chi connectivity index (χ3n) is 2.67. The van der Waals surface area contributed by atoms with Crippen LogP contribution >= 0.6 is 12.6 Å². The Morgan fingerprint density at radius 2 is 2.25 bits per heavy atom. The molecule has 1 rings (SSSR count). The molecule has 1 atom stereocenters. The summed E-state index contributed by atoms with van der Waals surface area (Å²) in [6.45, 7) is 7.31. The minimum absolute atomic E-state index is 0.0567. The number of hydrogen-bond acceptors (Lipinski definition) is 3. The fraction of sp³-hybridized carbons (Fsp3) is 1.00. The Hall–Kier alpha value is 0.270. The van der Waals surface area contributed by atoms with Crippen LogP contribution in [0.5, 0.6) is 0 Å². The molecule has 0 saturated carbocycles. The summed E-state index contributed by atoms with van der Waals surface area (Å²) in [5, 5.41) is 9.68. The maximum Gasteiger partial charge on any atom is 0.0615 e. The molecule has 0 aromatic carbocycles. The molecule has 1 unspecified atom stereocenters. The molecule has 0 amide bonds. The van der Waals surface area contributed by atoms with Crippen molar-refractivity contribution in [3.63, 3.8) is 0 Å². The summed E-state index contributed by atoms with van der Waals surface area (Å²) in [4.78, 5) is 2.37. The number of piperidine rings is 1. The number of rotatable bonds is 2. The molecule has 1 aliphatic rings. The lowest BCUT2D eigenvalue weighted by Crippen LogP contribution is -2.48. The highest BCUT2D eigenvalue weighted by Crippen LogP contribution is 2.28. The maximum atomic E-state index is 9.68. The van der Waals surface area contributed by atoms with E-state index in [1.807, 2.05) is 0 Å². The van der Waals surface area contributed by atoms with E-state index in [1.54, 1.807) is 0 Å². The number of aliphatic hydroxyl groups excluding tert-OH is 1. The topological polar surface area (TPSA) is 23.5 Å². The Morgan fingerprint density at radius 3 is 2.75 bits per heavy atom. The lowest BCUT2D eigenvalue weighted by molar-refractivity contribution is -0.0223. The molecule has 0 bridgehead atoms. The molecule has 1 fully saturated rings. The molecular formula is C9H19NOS. The van der Waals surface area contributed by atoms with Crippen LogP contribution in [0.1, 0.15) is 20.3 Å². The van der Waals surface area contributed by atoms with Crippen molar-refractivity contribution in [3.8, 4) is 0 Å². The molecule has 0 aliphatic carbocycles. The Morgan fingerprint density at radius 1 is 1.58 bits per heavy atom. The molecule has 1 saturated heterocycles. The molecule has 0 aromatic heterocycles. The fourth-order valence-electron chi connectivity index (χ4n) is 1.79. The molecule has 0 aromatic rings. The number of likely N-dealkylation sites (tertiary alicyclic amines) is 1. The van der Waals surface area contributed by atoms with E-state index < -0.39 is 0 Å². The number of thiol groups is 1. The van der Waals surface area contributed by atoms with E-state index in [0.717, 1.165) is 31.8 Å². The molecule has 1 aliphatic heterocycles. The van der Waals surface area contributed by atoms with E-state index in [4.69, 9.17) is 0 Å². The zero-order valence-electron chi connectivity index (χ0n) is 7.95. The number of hydrogen-bond donors (Lipinski definition) is 2. The van der Waals surface area contributed by atoms with Crippen molar-refractivity contribution in [2.45, 2.75) is 26.4 Å². The van der Waals surface area contributed by atoms with Crippen LogP contribution in [-0.2, 0) is 0 Å². The zero-order valence-corrected chi connectivity index (χ0v) is 8.85. The van der Waals surface area contributed by atoms with Gasteiger partial charge in [0.05, 0.1) is 6.10 Å². The molecule has 72 valence electrons. The van der Waals surface area contributed by atoms with Crippen LogP contribution in [0.3, 0.4) is 0 Å². The predicted octanol–water partition coefficient (Wildman–Crippen LogP) is 1.01. The average molecular weight is 189 g/mol. The van der Waals surface area contributed by atoms with Gasteiger partial charge in [-0.15, -0.1) is 0 Å². The van der Waals surface area contributed by atoms with Gasteiger partial charge in [0, 0.05) is 30.8 Å². The second kappa shape index (κ2) is 3.99. The van der Waals surface area contributed by atoms with Crippen molar-refractivity contribution < 1.29 is 5.11 Å². The van der Waals surface area contributed by atoms with Crippen LogP contribution in [0.25, 0.3) is 0 Å². The highest BCUT2D eigenvalue weighted by molar-refractivity contribution is 7.80.